The first-order valence-corrected chi connectivity index (χ1v) is 34.6. The molecule has 0 aliphatic rings. The number of aromatic nitrogens is 16. The van der Waals surface area contributed by atoms with Crippen molar-refractivity contribution in [1.82, 2.24) is 79.3 Å². The molecule has 0 spiro atoms. The number of hydrogen-bond acceptors (Lipinski definition) is 13. The average Bonchev–Trinajstić information content (AvgIpc) is 1.66. The predicted octanol–water partition coefficient (Wildman–Crippen LogP) is 21.8. The van der Waals surface area contributed by atoms with Crippen LogP contribution >= 0.6 is 78.1 Å². The van der Waals surface area contributed by atoms with Crippen LogP contribution in [0.4, 0.5) is 0 Å². The fraction of sp³-hybridized carbons (Fsp3) is 0.446. The standard InChI is InChI=1S/C15H21N4.C13H17N4.C12H14ClN4.C12H15N4O.3C2H6.CH3Br.CH3Cl.CH4.4CH3.Cl3OP.4W.4H2/c1-7-12-10(4)8-16-14(17-12)13-11(5)19(6)15(18-13)9(2)3;1-7(2)12-16-10(5)11(17-12)13-14-6-8(3)9(4)15-13;1-6(2)11-15-8(4)9(16-11)12-14-5-7(3)10(13)17-12;1-6(2)10-14-8(4)9(15-10)11-13-5-7(3)12(17)16-11;5*1-2;;;;;;1-5(2,3)4;;;;;;;;/h8H,7H2,1-6H3;6H,1-5H3,(H,16,17);5H,1-4H3,(H,15,16);5H,1-4H3,(H,14,15)(H,13,16,17);3*1-2H3;2*1H3;1H4;4*1H3;;;;;;4*1H/q4*-1;;;;;;;4*-1;;4*+2;;;;/i;;;;;;;;;;;;;;;;;;;4*1+1. The predicted molar refractivity (Wildman–Crippen MR) is 404 cm³/mol. The molecule has 0 amide bonds. The molecule has 8 aromatic heterocycles. The molecule has 538 valence electrons. The summed E-state index contributed by atoms with van der Waals surface area (Å²) < 4.78 is 11.6. The monoisotopic (exact) mass is 2180 g/mol. The number of nitrogens with zero attached hydrogens (tertiary/aromatic N) is 12. The van der Waals surface area contributed by atoms with Gasteiger partial charge in [0.05, 0.1) is 0 Å². The van der Waals surface area contributed by atoms with E-state index in [2.05, 4.69) is 168 Å². The van der Waals surface area contributed by atoms with E-state index in [0.717, 1.165) is 121 Å². The number of hydrogen-bond donors (Lipinski definition) is 4. The SMILES string of the molecule is C.CBr.CC.CC.CC.CCc1nc(-c2nc([C-](C)C)n(C)c2C)ncc1C.CCl.Cc1[nH]c([C-](C)C)nc1-c1ncc(C)c(=O)[nH]1.Cc1cnc(-c2nc([C-](C)C)[nH]c2C)nc1C.Cc1cnc(-c2nc([C-](C)C)[nH]c2C)nc1Cl.O=P(Cl)(Cl)Cl.[2HH].[2HH].[2HH].[2HH].[CH3-].[CH3-].[CH3-].[CH3-].[W+2].[W+2].[W+2].[W+2]. The Morgan fingerprint density at radius 2 is 0.830 bits per heavy atom. The molecule has 18 nitrogen and oxygen atoms in total. The number of nitrogens with one attached hydrogen (secondary N) is 4. The van der Waals surface area contributed by atoms with Crippen LogP contribution in [0.1, 0.15) is 197 Å². The van der Waals surface area contributed by atoms with Gasteiger partial charge in [-0.3, -0.25) is 29.3 Å². The Morgan fingerprint density at radius 3 is 1.15 bits per heavy atom. The van der Waals surface area contributed by atoms with Gasteiger partial charge in [0.15, 0.2) is 23.3 Å². The first-order valence-electron chi connectivity index (χ1n) is 27.5. The minimum absolute atomic E-state index is 0. The second-order valence-corrected chi connectivity index (χ2v) is 25.6. The number of imidazole rings is 4. The van der Waals surface area contributed by atoms with Gasteiger partial charge in [0.1, 0.15) is 27.9 Å². The fourth-order valence-corrected chi connectivity index (χ4v) is 6.83. The largest absolute Gasteiger partial charge is 2.00 e. The minimum atomic E-state index is -3.22. The summed E-state index contributed by atoms with van der Waals surface area (Å²) in [5.41, 5.74) is 12.8. The molecule has 0 aliphatic heterocycles. The van der Waals surface area contributed by atoms with Gasteiger partial charge < -0.3 is 77.9 Å². The zero-order chi connectivity index (χ0) is 66.4. The van der Waals surface area contributed by atoms with E-state index in [9.17, 15) is 9.36 Å². The summed E-state index contributed by atoms with van der Waals surface area (Å²) in [6, 6.07) is 0. The van der Waals surface area contributed by atoms with Crippen LogP contribution in [0.15, 0.2) is 29.6 Å². The average molecular weight is 2180 g/mol. The maximum Gasteiger partial charge on any atom is 2.00 e. The molecule has 29 heteroatoms. The molecule has 0 saturated heterocycles. The summed E-state index contributed by atoms with van der Waals surface area (Å²) in [5, 5.41) is -2.75. The normalized spacial score (nSPS) is 8.90. The van der Waals surface area contributed by atoms with Gasteiger partial charge in [-0.2, -0.15) is 55.4 Å². The van der Waals surface area contributed by atoms with E-state index in [-0.39, 0.29) is 133 Å². The van der Waals surface area contributed by atoms with E-state index in [0.29, 0.717) is 33.9 Å². The Kier molecular flexibility index (Phi) is 72.8. The van der Waals surface area contributed by atoms with Crippen molar-refractivity contribution in [2.24, 2.45) is 7.05 Å². The molecule has 8 rings (SSSR count). The number of alkyl halides is 2. The van der Waals surface area contributed by atoms with Crippen LogP contribution in [0.3, 0.4) is 0 Å². The van der Waals surface area contributed by atoms with Gasteiger partial charge in [-0.1, -0.05) is 83.4 Å². The molecule has 0 atom stereocenters. The summed E-state index contributed by atoms with van der Waals surface area (Å²) >= 11 is 27.4. The zero-order valence-electron chi connectivity index (χ0n) is 60.5. The van der Waals surface area contributed by atoms with Crippen molar-refractivity contribution in [3.05, 3.63) is 173 Å². The van der Waals surface area contributed by atoms with E-state index in [1.807, 2.05) is 157 Å². The second kappa shape index (κ2) is 59.2. The maximum atomic E-state index is 11.5. The van der Waals surface area contributed by atoms with Gasteiger partial charge in [0.2, 0.25) is 0 Å². The molecule has 4 N–H and O–H groups in total. The third-order valence-corrected chi connectivity index (χ3v) is 11.7. The maximum absolute atomic E-state index is 11.5. The van der Waals surface area contributed by atoms with Crippen molar-refractivity contribution in [2.75, 3.05) is 12.2 Å². The van der Waals surface area contributed by atoms with Gasteiger partial charge in [0.25, 0.3) is 5.56 Å². The fourth-order valence-electron chi connectivity index (χ4n) is 6.70. The number of aromatic amines is 4. The summed E-state index contributed by atoms with van der Waals surface area (Å²) in [5.74, 6) is 12.4. The molecule has 94 heavy (non-hydrogen) atoms. The van der Waals surface area contributed by atoms with Crippen molar-refractivity contribution in [2.45, 2.75) is 180 Å². The first kappa shape index (κ1) is 116. The van der Waals surface area contributed by atoms with Crippen LogP contribution in [-0.4, -0.2) is 91.5 Å². The smallest absolute Gasteiger partial charge is 0.371 e. The Morgan fingerprint density at radius 1 is 0.500 bits per heavy atom. The molecule has 0 radical (unpaired) electrons. The third-order valence-electron chi connectivity index (χ3n) is 11.3. The summed E-state index contributed by atoms with van der Waals surface area (Å²) in [7, 11) is 2.03. The second-order valence-electron chi connectivity index (χ2n) is 18.6. The molecular formula is C65H115BrCl5N16O2PW4. The van der Waals surface area contributed by atoms with Crippen LogP contribution in [-0.2, 0) is 102 Å². The Hall–Kier alpha value is -2.65. The number of aryl methyl sites for hydroxylation is 9. The zero-order valence-corrected chi connectivity index (χ0v) is 78.5. The number of H-pyrrole nitrogens is 4. The van der Waals surface area contributed by atoms with Crippen LogP contribution < -0.4 is 5.56 Å². The summed E-state index contributed by atoms with van der Waals surface area (Å²) in [6.07, 6.45) is 9.38. The minimum Gasteiger partial charge on any atom is -0.371 e. The number of halogens is 6. The molecule has 8 aromatic rings. The first-order chi connectivity index (χ1) is 39.9. The Balaban J connectivity index is -0.0000000648. The van der Waals surface area contributed by atoms with Crippen molar-refractivity contribution in [1.29, 1.82) is 0 Å². The van der Waals surface area contributed by atoms with Crippen molar-refractivity contribution < 1.29 is 94.5 Å². The van der Waals surface area contributed by atoms with Gasteiger partial charge in [-0.05, 0) is 143 Å². The molecule has 0 unspecified atom stereocenters. The molecule has 0 aromatic carbocycles. The topological polar surface area (TPSA) is 244 Å². The summed E-state index contributed by atoms with van der Waals surface area (Å²) in [6.45, 7) is 47.8. The molecule has 0 bridgehead atoms. The van der Waals surface area contributed by atoms with E-state index < -0.39 is 5.20 Å². The van der Waals surface area contributed by atoms with E-state index >= 15 is 0 Å². The van der Waals surface area contributed by atoms with Crippen LogP contribution in [0.2, 0.25) is 5.15 Å². The molecule has 0 saturated carbocycles. The molecular weight excluding hydrogens is 2060 g/mol. The Bertz CT molecular complexity index is 3270. The van der Waals surface area contributed by atoms with E-state index in [1.165, 1.54) is 12.3 Å². The van der Waals surface area contributed by atoms with Crippen molar-refractivity contribution in [3.63, 3.8) is 0 Å². The van der Waals surface area contributed by atoms with Gasteiger partial charge in [0, 0.05) is 89.2 Å². The van der Waals surface area contributed by atoms with Crippen molar-refractivity contribution in [3.8, 4) is 46.1 Å². The van der Waals surface area contributed by atoms with E-state index in [1.54, 1.807) is 19.3 Å². The molecule has 8 heterocycles. The number of rotatable bonds is 9. The third kappa shape index (κ3) is 38.1. The van der Waals surface area contributed by atoms with Crippen LogP contribution in [0, 0.1) is 116 Å². The van der Waals surface area contributed by atoms with E-state index in [4.69, 9.17) is 11.6 Å². The van der Waals surface area contributed by atoms with Crippen molar-refractivity contribution >= 4 is 78.1 Å². The van der Waals surface area contributed by atoms with Gasteiger partial charge >= 0.3 is 89.5 Å². The van der Waals surface area contributed by atoms with Crippen LogP contribution in [0.25, 0.3) is 46.1 Å². The van der Waals surface area contributed by atoms with Gasteiger partial charge in [-0.25, -0.2) is 34.9 Å². The quantitative estimate of drug-likeness (QED) is 0.0455. The summed E-state index contributed by atoms with van der Waals surface area (Å²) in [4.78, 5) is 72.6. The molecule has 0 aliphatic carbocycles. The van der Waals surface area contributed by atoms with Gasteiger partial charge in [-0.15, -0.1) is 11.6 Å². The Labute approximate surface area is 664 Å². The molecule has 0 fully saturated rings. The van der Waals surface area contributed by atoms with Crippen LogP contribution in [0.5, 0.6) is 0 Å².